The highest BCUT2D eigenvalue weighted by molar-refractivity contribution is 5.48. The number of rotatable bonds is 3. The first-order valence-electron chi connectivity index (χ1n) is 6.82. The van der Waals surface area contributed by atoms with Crippen LogP contribution in [0.15, 0.2) is 36.4 Å². The third-order valence-corrected chi connectivity index (χ3v) is 2.79. The highest BCUT2D eigenvalue weighted by atomic mass is 16.7. The predicted molar refractivity (Wildman–Crippen MR) is 80.3 cm³/mol. The molecule has 0 bridgehead atoms. The molecule has 1 aromatic carbocycles. The fraction of sp³-hybridized carbons (Fsp3) is 0.312. The highest BCUT2D eigenvalue weighted by Crippen LogP contribution is 2.36. The maximum atomic E-state index is 5.77. The molecule has 0 unspecified atom stereocenters. The summed E-state index contributed by atoms with van der Waals surface area (Å²) in [4.78, 5) is 4.44. The van der Waals surface area contributed by atoms with Gasteiger partial charge in [0.25, 0.3) is 0 Å². The van der Waals surface area contributed by atoms with Crippen molar-refractivity contribution in [1.82, 2.24) is 4.98 Å². The molecule has 0 aliphatic carbocycles. The molecule has 2 heterocycles. The third-order valence-electron chi connectivity index (χ3n) is 2.79. The number of nitrogens with zero attached hydrogens (tertiary/aromatic N) is 1. The lowest BCUT2D eigenvalue weighted by molar-refractivity contribution is 0.174. The Morgan fingerprint density at radius 2 is 1.90 bits per heavy atom. The number of pyridine rings is 1. The molecule has 0 saturated heterocycles. The van der Waals surface area contributed by atoms with E-state index in [1.807, 2.05) is 30.3 Å². The van der Waals surface area contributed by atoms with Crippen molar-refractivity contribution in [3.63, 3.8) is 0 Å². The second-order valence-corrected chi connectivity index (χ2v) is 5.85. The smallest absolute Gasteiger partial charge is 0.231 e. The van der Waals surface area contributed by atoms with E-state index < -0.39 is 0 Å². The number of anilines is 1. The molecule has 5 nitrogen and oxygen atoms in total. The molecule has 21 heavy (non-hydrogen) atoms. The van der Waals surface area contributed by atoms with Crippen LogP contribution in [0.5, 0.6) is 23.1 Å². The standard InChI is InChI=1S/C16H18N2O3/c1-16(2,3)18-14-5-4-6-15(17-14)21-11-7-8-12-13(9-11)20-10-19-12/h4-9H,10H2,1-3H3,(H,17,18). The van der Waals surface area contributed by atoms with Crippen molar-refractivity contribution in [3.05, 3.63) is 36.4 Å². The fourth-order valence-corrected chi connectivity index (χ4v) is 1.99. The quantitative estimate of drug-likeness (QED) is 0.929. The summed E-state index contributed by atoms with van der Waals surface area (Å²) in [7, 11) is 0. The molecule has 110 valence electrons. The Balaban J connectivity index is 1.77. The third kappa shape index (κ3) is 3.37. The molecular formula is C16H18N2O3. The van der Waals surface area contributed by atoms with Crippen LogP contribution in [0.25, 0.3) is 0 Å². The van der Waals surface area contributed by atoms with Crippen molar-refractivity contribution in [1.29, 1.82) is 0 Å². The van der Waals surface area contributed by atoms with Crippen molar-refractivity contribution in [2.24, 2.45) is 0 Å². The largest absolute Gasteiger partial charge is 0.454 e. The van der Waals surface area contributed by atoms with E-state index in [4.69, 9.17) is 14.2 Å². The van der Waals surface area contributed by atoms with Gasteiger partial charge >= 0.3 is 0 Å². The van der Waals surface area contributed by atoms with Gasteiger partial charge in [-0.3, -0.25) is 0 Å². The molecule has 0 spiro atoms. The van der Waals surface area contributed by atoms with Gasteiger partial charge in [-0.1, -0.05) is 6.07 Å². The second kappa shape index (κ2) is 5.16. The minimum absolute atomic E-state index is 0.0512. The summed E-state index contributed by atoms with van der Waals surface area (Å²) in [6.45, 7) is 6.50. The van der Waals surface area contributed by atoms with Gasteiger partial charge in [-0.25, -0.2) is 0 Å². The van der Waals surface area contributed by atoms with Crippen LogP contribution in [0.4, 0.5) is 5.82 Å². The van der Waals surface area contributed by atoms with Gasteiger partial charge in [0.05, 0.1) is 0 Å². The Kier molecular flexibility index (Phi) is 3.33. The maximum Gasteiger partial charge on any atom is 0.231 e. The van der Waals surface area contributed by atoms with E-state index in [9.17, 15) is 0 Å². The molecule has 5 heteroatoms. The molecule has 1 N–H and O–H groups in total. The SMILES string of the molecule is CC(C)(C)Nc1cccc(Oc2ccc3c(c2)OCO3)n1. The second-order valence-electron chi connectivity index (χ2n) is 5.85. The summed E-state index contributed by atoms with van der Waals surface area (Å²) in [6, 6.07) is 11.1. The van der Waals surface area contributed by atoms with E-state index in [2.05, 4.69) is 31.1 Å². The highest BCUT2D eigenvalue weighted by Gasteiger charge is 2.15. The molecule has 3 rings (SSSR count). The van der Waals surface area contributed by atoms with Crippen molar-refractivity contribution >= 4 is 5.82 Å². The fourth-order valence-electron chi connectivity index (χ4n) is 1.99. The van der Waals surface area contributed by atoms with E-state index in [-0.39, 0.29) is 12.3 Å². The Hall–Kier alpha value is -2.43. The van der Waals surface area contributed by atoms with Gasteiger partial charge in [0, 0.05) is 17.7 Å². The Bertz CT molecular complexity index is 650. The molecular weight excluding hydrogens is 268 g/mol. The summed E-state index contributed by atoms with van der Waals surface area (Å²) < 4.78 is 16.4. The van der Waals surface area contributed by atoms with Crippen molar-refractivity contribution < 1.29 is 14.2 Å². The summed E-state index contributed by atoms with van der Waals surface area (Å²) in [5, 5.41) is 3.31. The normalized spacial score (nSPS) is 13.1. The number of hydrogen-bond acceptors (Lipinski definition) is 5. The molecule has 1 aliphatic rings. The van der Waals surface area contributed by atoms with Gasteiger partial charge in [-0.2, -0.15) is 4.98 Å². The minimum atomic E-state index is -0.0512. The molecule has 0 atom stereocenters. The van der Waals surface area contributed by atoms with Crippen LogP contribution in [0.3, 0.4) is 0 Å². The van der Waals surface area contributed by atoms with E-state index in [0.717, 1.165) is 11.6 Å². The summed E-state index contributed by atoms with van der Waals surface area (Å²) in [5.74, 6) is 3.40. The zero-order chi connectivity index (χ0) is 14.9. The van der Waals surface area contributed by atoms with Crippen molar-refractivity contribution in [3.8, 4) is 23.1 Å². The molecule has 0 radical (unpaired) electrons. The van der Waals surface area contributed by atoms with Crippen LogP contribution in [-0.4, -0.2) is 17.3 Å². The molecule has 0 fully saturated rings. The van der Waals surface area contributed by atoms with Gasteiger partial charge in [0.15, 0.2) is 11.5 Å². The first-order chi connectivity index (χ1) is 9.99. The van der Waals surface area contributed by atoms with Crippen LogP contribution < -0.4 is 19.5 Å². The van der Waals surface area contributed by atoms with Gasteiger partial charge in [-0.15, -0.1) is 0 Å². The number of hydrogen-bond donors (Lipinski definition) is 1. The van der Waals surface area contributed by atoms with Crippen LogP contribution in [0, 0.1) is 0 Å². The van der Waals surface area contributed by atoms with Crippen LogP contribution in [0.2, 0.25) is 0 Å². The number of aromatic nitrogens is 1. The molecule has 0 saturated carbocycles. The maximum absolute atomic E-state index is 5.77. The van der Waals surface area contributed by atoms with Crippen molar-refractivity contribution in [2.45, 2.75) is 26.3 Å². The average molecular weight is 286 g/mol. The van der Waals surface area contributed by atoms with E-state index >= 15 is 0 Å². The Labute approximate surface area is 123 Å². The number of nitrogens with one attached hydrogen (secondary N) is 1. The van der Waals surface area contributed by atoms with Gasteiger partial charge < -0.3 is 19.5 Å². The van der Waals surface area contributed by atoms with E-state index in [1.54, 1.807) is 6.07 Å². The van der Waals surface area contributed by atoms with E-state index in [0.29, 0.717) is 17.4 Å². The lowest BCUT2D eigenvalue weighted by Gasteiger charge is -2.21. The summed E-state index contributed by atoms with van der Waals surface area (Å²) >= 11 is 0. The van der Waals surface area contributed by atoms with E-state index in [1.165, 1.54) is 0 Å². The Morgan fingerprint density at radius 3 is 2.71 bits per heavy atom. The zero-order valence-electron chi connectivity index (χ0n) is 12.3. The number of fused-ring (bicyclic) bond motifs is 1. The van der Waals surface area contributed by atoms with Crippen LogP contribution >= 0.6 is 0 Å². The predicted octanol–water partition coefficient (Wildman–Crippen LogP) is 3.81. The first kappa shape index (κ1) is 13.5. The van der Waals surface area contributed by atoms with Crippen molar-refractivity contribution in [2.75, 3.05) is 12.1 Å². The van der Waals surface area contributed by atoms with Crippen LogP contribution in [-0.2, 0) is 0 Å². The Morgan fingerprint density at radius 1 is 1.10 bits per heavy atom. The van der Waals surface area contributed by atoms with Gasteiger partial charge in [-0.05, 0) is 39.0 Å². The summed E-state index contributed by atoms with van der Waals surface area (Å²) in [6.07, 6.45) is 0. The minimum Gasteiger partial charge on any atom is -0.454 e. The van der Waals surface area contributed by atoms with Gasteiger partial charge in [0.2, 0.25) is 12.7 Å². The molecule has 0 amide bonds. The molecule has 1 aromatic heterocycles. The summed E-state index contributed by atoms with van der Waals surface area (Å²) in [5.41, 5.74) is -0.0512. The van der Waals surface area contributed by atoms with Gasteiger partial charge in [0.1, 0.15) is 11.6 Å². The zero-order valence-corrected chi connectivity index (χ0v) is 12.3. The molecule has 1 aliphatic heterocycles. The lowest BCUT2D eigenvalue weighted by atomic mass is 10.1. The number of ether oxygens (including phenoxy) is 3. The number of benzene rings is 1. The van der Waals surface area contributed by atoms with Crippen LogP contribution in [0.1, 0.15) is 20.8 Å². The monoisotopic (exact) mass is 286 g/mol. The average Bonchev–Trinajstić information content (AvgIpc) is 2.84. The topological polar surface area (TPSA) is 52.6 Å². The lowest BCUT2D eigenvalue weighted by Crippen LogP contribution is -2.26. The first-order valence-corrected chi connectivity index (χ1v) is 6.82. The molecule has 2 aromatic rings.